The summed E-state index contributed by atoms with van der Waals surface area (Å²) in [5, 5.41) is 46.9. The van der Waals surface area contributed by atoms with Gasteiger partial charge in [-0.2, -0.15) is 0 Å². The third-order valence-electron chi connectivity index (χ3n) is 8.47. The second kappa shape index (κ2) is 13.0. The Kier molecular flexibility index (Phi) is 9.05. The van der Waals surface area contributed by atoms with Crippen molar-refractivity contribution in [2.45, 2.75) is 34.7 Å². The summed E-state index contributed by atoms with van der Waals surface area (Å²) in [5.74, 6) is -6.69. The van der Waals surface area contributed by atoms with Gasteiger partial charge < -0.3 is 46.0 Å². The molecule has 5 heterocycles. The summed E-state index contributed by atoms with van der Waals surface area (Å²) in [4.78, 5) is 87.5. The highest BCUT2D eigenvalue weighted by Gasteiger charge is 2.66. The van der Waals surface area contributed by atoms with Crippen molar-refractivity contribution in [2.24, 2.45) is 5.16 Å². The topological polar surface area (TPSA) is 287 Å². The number of oxime groups is 1. The molecule has 0 radical (unpaired) electrons. The first-order valence-electron chi connectivity index (χ1n) is 14.6. The van der Waals surface area contributed by atoms with Gasteiger partial charge in [0, 0.05) is 24.8 Å². The number of carbonyl (C=O) groups excluding carboxylic acids is 4. The SMILES string of the molecule is Nc1nc(/C(=N/OC2(C(=O)O)CCOCC2)C(=O)N[C@@H]2C(=O)N3C[C@@](C(=O)O)(N4CCN(NC(=O)c5ccc(O)c(O)c5Cl)C4=O)S[C@H]23)cs1. The van der Waals surface area contributed by atoms with Crippen molar-refractivity contribution in [3.63, 3.8) is 0 Å². The average Bonchev–Trinajstić information content (AvgIpc) is 3.79. The van der Waals surface area contributed by atoms with Gasteiger partial charge in [0.25, 0.3) is 11.8 Å². The highest BCUT2D eigenvalue weighted by atomic mass is 35.5. The number of β-lactam (4-membered cyclic amide) rings is 1. The van der Waals surface area contributed by atoms with Crippen molar-refractivity contribution in [2.75, 3.05) is 38.6 Å². The minimum absolute atomic E-state index is 0.0591. The number of ether oxygens (including phenoxy) is 1. The fraction of sp³-hybridized carbons (Fsp3) is 0.407. The van der Waals surface area contributed by atoms with Gasteiger partial charge in [-0.3, -0.25) is 24.7 Å². The Bertz CT molecular complexity index is 1840. The number of nitrogens with one attached hydrogen (secondary N) is 2. The van der Waals surface area contributed by atoms with Crippen LogP contribution in [0.2, 0.25) is 5.02 Å². The number of halogens is 1. The number of rotatable bonds is 10. The molecule has 4 fully saturated rings. The number of aromatic nitrogens is 1. The molecular formula is C27H27ClN8O12S2. The van der Waals surface area contributed by atoms with Crippen LogP contribution in [0.25, 0.3) is 0 Å². The number of carboxylic acid groups (broad SMARTS) is 2. The first-order chi connectivity index (χ1) is 23.7. The largest absolute Gasteiger partial charge is 0.504 e. The van der Waals surface area contributed by atoms with Gasteiger partial charge in [0.05, 0.1) is 36.9 Å². The molecule has 0 bridgehead atoms. The molecule has 2 aromatic rings. The maximum Gasteiger partial charge on any atom is 0.351 e. The number of carbonyl (C=O) groups is 6. The Morgan fingerprint density at radius 1 is 1.12 bits per heavy atom. The number of hydrogen-bond acceptors (Lipinski definition) is 15. The van der Waals surface area contributed by atoms with Crippen LogP contribution < -0.4 is 16.5 Å². The molecule has 1 aromatic heterocycles. The van der Waals surface area contributed by atoms with Crippen molar-refractivity contribution in [1.82, 2.24) is 30.5 Å². The highest BCUT2D eigenvalue weighted by molar-refractivity contribution is 8.02. The lowest BCUT2D eigenvalue weighted by Gasteiger charge is -2.41. The molecule has 3 atom stereocenters. The Hall–Kier alpha value is -5.06. The van der Waals surface area contributed by atoms with Gasteiger partial charge in [0.2, 0.25) is 16.4 Å². The first kappa shape index (κ1) is 34.8. The standard InChI is InChI=1S/C27H27ClN8O12S2/c28-14-11(1-2-13(37)17(14)38)18(39)32-36-6-5-35(25(36)46)27(23(44)45)10-34-20(41)16(21(34)50-27)31-19(40)15(12-9-49-24(29)30-12)33-48-26(22(42)43)3-7-47-8-4-26/h1-2,9,16,21,37-38H,3-8,10H2,(H2,29,30)(H,31,40)(H,32,39)(H,42,43)(H,44,45)/b33-15-/t16-,21-,27-/m1/s1. The number of carboxylic acids is 2. The quantitative estimate of drug-likeness (QED) is 0.0691. The molecule has 5 amide bonds. The van der Waals surface area contributed by atoms with E-state index in [2.05, 4.69) is 20.9 Å². The summed E-state index contributed by atoms with van der Waals surface area (Å²) in [6.45, 7) is -0.658. The second-order valence-corrected chi connectivity index (χ2v) is 14.0. The summed E-state index contributed by atoms with van der Waals surface area (Å²) in [6, 6.07) is -0.0746. The molecule has 8 N–H and O–H groups in total. The summed E-state index contributed by atoms with van der Waals surface area (Å²) < 4.78 is 5.22. The summed E-state index contributed by atoms with van der Waals surface area (Å²) in [6.07, 6.45) is -0.118. The molecule has 0 saturated carbocycles. The number of amides is 5. The number of benzene rings is 1. The fourth-order valence-corrected chi connectivity index (χ4v) is 8.11. The number of hydrazine groups is 1. The van der Waals surface area contributed by atoms with Crippen LogP contribution in [0.4, 0.5) is 9.93 Å². The van der Waals surface area contributed by atoms with Crippen LogP contribution in [0.5, 0.6) is 11.5 Å². The van der Waals surface area contributed by atoms with Crippen LogP contribution in [-0.2, 0) is 28.8 Å². The Labute approximate surface area is 293 Å². The van der Waals surface area contributed by atoms with Crippen molar-refractivity contribution < 1.29 is 58.8 Å². The Morgan fingerprint density at radius 3 is 2.48 bits per heavy atom. The number of urea groups is 1. The third kappa shape index (κ3) is 5.82. The normalized spacial score (nSPS) is 24.4. The van der Waals surface area contributed by atoms with Gasteiger partial charge in [-0.1, -0.05) is 28.5 Å². The molecule has 0 aliphatic carbocycles. The minimum Gasteiger partial charge on any atom is -0.504 e. The zero-order chi connectivity index (χ0) is 36.1. The van der Waals surface area contributed by atoms with Crippen LogP contribution >= 0.6 is 34.7 Å². The predicted octanol–water partition coefficient (Wildman–Crippen LogP) is -0.592. The lowest BCUT2D eigenvalue weighted by molar-refractivity contribution is -0.178. The average molecular weight is 755 g/mol. The number of nitrogens with zero attached hydrogens (tertiary/aromatic N) is 5. The molecule has 4 saturated heterocycles. The van der Waals surface area contributed by atoms with Gasteiger partial charge in [-0.25, -0.2) is 24.4 Å². The number of thioether (sulfide) groups is 1. The minimum atomic E-state index is -2.02. The molecule has 20 nitrogen and oxygen atoms in total. The van der Waals surface area contributed by atoms with Gasteiger partial charge >= 0.3 is 18.0 Å². The number of nitrogens with two attached hydrogens (primary N) is 1. The van der Waals surface area contributed by atoms with Crippen molar-refractivity contribution in [3.05, 3.63) is 33.8 Å². The van der Waals surface area contributed by atoms with E-state index in [4.69, 9.17) is 26.9 Å². The lowest BCUT2D eigenvalue weighted by Crippen LogP contribution is -2.68. The third-order valence-corrected chi connectivity index (χ3v) is 11.2. The molecule has 50 heavy (non-hydrogen) atoms. The molecular weight excluding hydrogens is 728 g/mol. The van der Waals surface area contributed by atoms with Gasteiger partial charge in [-0.05, 0) is 12.1 Å². The van der Waals surface area contributed by atoms with E-state index in [0.717, 1.165) is 45.1 Å². The number of hydrogen-bond donors (Lipinski definition) is 7. The molecule has 0 spiro atoms. The number of aromatic hydroxyl groups is 2. The van der Waals surface area contributed by atoms with E-state index in [1.807, 2.05) is 0 Å². The highest BCUT2D eigenvalue weighted by Crippen LogP contribution is 2.49. The lowest BCUT2D eigenvalue weighted by atomic mass is 9.95. The van der Waals surface area contributed by atoms with Crippen molar-refractivity contribution in [1.29, 1.82) is 0 Å². The Balaban J connectivity index is 1.18. The summed E-state index contributed by atoms with van der Waals surface area (Å²) in [5.41, 5.74) is 5.44. The van der Waals surface area contributed by atoms with E-state index in [-0.39, 0.29) is 55.5 Å². The molecule has 4 aliphatic rings. The van der Waals surface area contributed by atoms with Crippen LogP contribution in [0.1, 0.15) is 28.9 Å². The number of anilines is 1. The predicted molar refractivity (Wildman–Crippen MR) is 171 cm³/mol. The molecule has 23 heteroatoms. The van der Waals surface area contributed by atoms with Gasteiger partial charge in [-0.15, -0.1) is 11.3 Å². The van der Waals surface area contributed by atoms with E-state index in [1.165, 1.54) is 10.3 Å². The van der Waals surface area contributed by atoms with Crippen LogP contribution in [-0.4, -0.2) is 136 Å². The number of phenols is 2. The van der Waals surface area contributed by atoms with Crippen LogP contribution in [0, 0.1) is 0 Å². The van der Waals surface area contributed by atoms with Crippen molar-refractivity contribution in [3.8, 4) is 11.5 Å². The van der Waals surface area contributed by atoms with Crippen LogP contribution in [0.3, 0.4) is 0 Å². The zero-order valence-corrected chi connectivity index (χ0v) is 27.8. The fourth-order valence-electron chi connectivity index (χ4n) is 5.68. The number of phenolic OH excluding ortho intramolecular Hbond substituents is 2. The molecule has 6 rings (SSSR count). The number of aliphatic carboxylic acids is 2. The second-order valence-electron chi connectivity index (χ2n) is 11.4. The molecule has 0 unspecified atom stereocenters. The Morgan fingerprint density at radius 2 is 1.84 bits per heavy atom. The van der Waals surface area contributed by atoms with E-state index < -0.39 is 86.4 Å². The number of nitrogen functional groups attached to an aromatic ring is 1. The maximum absolute atomic E-state index is 13.6. The molecule has 4 aliphatic heterocycles. The van der Waals surface area contributed by atoms with E-state index in [0.29, 0.717) is 0 Å². The first-order valence-corrected chi connectivity index (χ1v) is 16.7. The van der Waals surface area contributed by atoms with Crippen LogP contribution in [0.15, 0.2) is 22.7 Å². The molecule has 266 valence electrons. The van der Waals surface area contributed by atoms with Gasteiger partial charge in [0.15, 0.2) is 22.3 Å². The van der Waals surface area contributed by atoms with Crippen molar-refractivity contribution >= 4 is 81.2 Å². The van der Waals surface area contributed by atoms with E-state index in [1.54, 1.807) is 0 Å². The number of fused-ring (bicyclic) bond motifs is 1. The number of thiazole rings is 1. The van der Waals surface area contributed by atoms with Gasteiger partial charge in [0.1, 0.15) is 17.1 Å². The summed E-state index contributed by atoms with van der Waals surface area (Å²) >= 11 is 7.65. The summed E-state index contributed by atoms with van der Waals surface area (Å²) in [7, 11) is 0. The molecule has 1 aromatic carbocycles. The smallest absolute Gasteiger partial charge is 0.351 e. The monoisotopic (exact) mass is 754 g/mol. The maximum atomic E-state index is 13.6. The van der Waals surface area contributed by atoms with E-state index >= 15 is 0 Å². The zero-order valence-electron chi connectivity index (χ0n) is 25.4. The van der Waals surface area contributed by atoms with E-state index in [9.17, 15) is 49.2 Å².